The van der Waals surface area contributed by atoms with Gasteiger partial charge in [-0.15, -0.1) is 0 Å². The Bertz CT molecular complexity index is 1320. The highest BCUT2D eigenvalue weighted by Gasteiger charge is 2.49. The topological polar surface area (TPSA) is 152 Å². The first kappa shape index (κ1) is 22.1. The third-order valence-corrected chi connectivity index (χ3v) is 5.39. The van der Waals surface area contributed by atoms with Crippen molar-refractivity contribution in [3.8, 4) is 17.3 Å². The van der Waals surface area contributed by atoms with Crippen LogP contribution in [0.1, 0.15) is 21.5 Å². The van der Waals surface area contributed by atoms with E-state index in [0.717, 1.165) is 0 Å². The number of hydrogen-bond donors (Lipinski definition) is 2. The average molecular weight is 459 g/mol. The molecule has 14 heteroatoms. The van der Waals surface area contributed by atoms with E-state index in [1.165, 1.54) is 11.7 Å². The number of halogens is 3. The molecule has 0 saturated carbocycles. The Morgan fingerprint density at radius 3 is 2.42 bits per heavy atom. The molecule has 2 heterocycles. The largest absolute Gasteiger partial charge is 0.534 e. The first-order valence-electron chi connectivity index (χ1n) is 8.42. The second kappa shape index (κ2) is 7.30. The van der Waals surface area contributed by atoms with Crippen LogP contribution in [0.4, 0.5) is 19.0 Å². The van der Waals surface area contributed by atoms with Crippen LogP contribution in [-0.2, 0) is 10.1 Å². The van der Waals surface area contributed by atoms with Crippen LogP contribution in [0.5, 0.6) is 11.6 Å². The molecule has 0 fully saturated rings. The van der Waals surface area contributed by atoms with Crippen molar-refractivity contribution >= 4 is 33.0 Å². The number of amides is 1. The summed E-state index contributed by atoms with van der Waals surface area (Å²) in [7, 11) is -4.55. The molecule has 0 aliphatic heterocycles. The maximum atomic E-state index is 12.6. The summed E-state index contributed by atoms with van der Waals surface area (Å²) in [5.74, 6) is -1.77. The summed E-state index contributed by atoms with van der Waals surface area (Å²) in [4.78, 5) is 19.7. The zero-order valence-electron chi connectivity index (χ0n) is 16.3. The van der Waals surface area contributed by atoms with Crippen molar-refractivity contribution in [2.75, 3.05) is 12.8 Å². The number of rotatable bonds is 5. The van der Waals surface area contributed by atoms with Crippen LogP contribution in [-0.4, -0.2) is 41.5 Å². The Balaban J connectivity index is 2.33. The van der Waals surface area contributed by atoms with Crippen molar-refractivity contribution in [2.24, 2.45) is 5.73 Å². The maximum Gasteiger partial charge on any atom is 0.534 e. The Labute approximate surface area is 173 Å². The minimum atomic E-state index is -6.00. The zero-order chi connectivity index (χ0) is 23.3. The van der Waals surface area contributed by atoms with Crippen LogP contribution >= 0.6 is 0 Å². The molecule has 0 atom stereocenters. The number of ether oxygens (including phenoxy) is 1. The third-order valence-electron chi connectivity index (χ3n) is 4.43. The van der Waals surface area contributed by atoms with Crippen LogP contribution in [0.25, 0.3) is 16.9 Å². The summed E-state index contributed by atoms with van der Waals surface area (Å²) in [6, 6.07) is 3.43. The average Bonchev–Trinajstić information content (AvgIpc) is 2.92. The Kier molecular flexibility index (Phi) is 5.21. The van der Waals surface area contributed by atoms with Crippen molar-refractivity contribution in [3.63, 3.8) is 0 Å². The number of methoxy groups -OCH3 is 1. The molecule has 0 unspecified atom stereocenters. The predicted molar refractivity (Wildman–Crippen MR) is 103 cm³/mol. The molecule has 3 rings (SSSR count). The van der Waals surface area contributed by atoms with Gasteiger partial charge in [-0.2, -0.15) is 21.6 Å². The summed E-state index contributed by atoms with van der Waals surface area (Å²) in [6.45, 7) is 3.47. The number of aromatic nitrogens is 3. The second-order valence-corrected chi connectivity index (χ2v) is 7.92. The highest BCUT2D eigenvalue weighted by Crippen LogP contribution is 2.36. The van der Waals surface area contributed by atoms with Gasteiger partial charge in [-0.1, -0.05) is 6.07 Å². The molecular formula is C17H16F3N5O5S. The van der Waals surface area contributed by atoms with Gasteiger partial charge in [0.05, 0.1) is 19.0 Å². The lowest BCUT2D eigenvalue weighted by atomic mass is 10.1. The van der Waals surface area contributed by atoms with E-state index in [9.17, 15) is 26.4 Å². The molecule has 0 spiro atoms. The van der Waals surface area contributed by atoms with Gasteiger partial charge in [0.25, 0.3) is 11.8 Å². The molecule has 1 amide bonds. The smallest absolute Gasteiger partial charge is 0.496 e. The van der Waals surface area contributed by atoms with Gasteiger partial charge in [0.1, 0.15) is 22.6 Å². The van der Waals surface area contributed by atoms with Crippen molar-refractivity contribution in [1.82, 2.24) is 14.5 Å². The fourth-order valence-electron chi connectivity index (χ4n) is 3.10. The van der Waals surface area contributed by atoms with E-state index < -0.39 is 27.4 Å². The minimum Gasteiger partial charge on any atom is -0.496 e. The number of nitrogen functional groups attached to an aromatic ring is 1. The fraction of sp³-hybridized carbons (Fsp3) is 0.235. The van der Waals surface area contributed by atoms with E-state index in [-0.39, 0.29) is 22.5 Å². The number of benzene rings is 1. The summed E-state index contributed by atoms with van der Waals surface area (Å²) in [5.41, 5.74) is 6.86. The third kappa shape index (κ3) is 3.58. The van der Waals surface area contributed by atoms with E-state index in [4.69, 9.17) is 16.2 Å². The SMILES string of the molecule is COc1ccc(C)c(-n2c(N)c(C(N)=O)c3nc(OS(=O)(=O)C(F)(F)F)cnc32)c1C. The molecule has 4 N–H and O–H groups in total. The standard InChI is InChI=1S/C17H16F3N5O5S/c1-7-4-5-9(29-3)8(2)13(7)25-14(21)11(15(22)26)12-16(25)23-6-10(24-12)30-31(27,28)17(18,19)20/h4-6H,21H2,1-3H3,(H2,22,26). The Morgan fingerprint density at radius 1 is 1.23 bits per heavy atom. The predicted octanol–water partition coefficient (Wildman–Crippen LogP) is 1.96. The zero-order valence-corrected chi connectivity index (χ0v) is 17.1. The fourth-order valence-corrected chi connectivity index (χ4v) is 3.50. The molecule has 2 aromatic heterocycles. The molecule has 31 heavy (non-hydrogen) atoms. The van der Waals surface area contributed by atoms with Gasteiger partial charge in [-0.05, 0) is 25.5 Å². The van der Waals surface area contributed by atoms with Crippen LogP contribution in [0.2, 0.25) is 0 Å². The monoisotopic (exact) mass is 459 g/mol. The number of aryl methyl sites for hydroxylation is 1. The van der Waals surface area contributed by atoms with Crippen molar-refractivity contribution in [3.05, 3.63) is 35.0 Å². The van der Waals surface area contributed by atoms with Gasteiger partial charge in [-0.3, -0.25) is 9.36 Å². The normalized spacial score (nSPS) is 12.2. The number of nitrogens with two attached hydrogens (primary N) is 2. The number of hydrogen-bond acceptors (Lipinski definition) is 8. The first-order chi connectivity index (χ1) is 14.3. The van der Waals surface area contributed by atoms with Crippen LogP contribution in [0, 0.1) is 13.8 Å². The number of carbonyl (C=O) groups is 1. The van der Waals surface area contributed by atoms with Gasteiger partial charge in [-0.25, -0.2) is 9.97 Å². The van der Waals surface area contributed by atoms with E-state index in [1.807, 2.05) is 0 Å². The number of anilines is 1. The van der Waals surface area contributed by atoms with Gasteiger partial charge in [0, 0.05) is 5.56 Å². The van der Waals surface area contributed by atoms with Gasteiger partial charge in [0.15, 0.2) is 5.65 Å². The number of nitrogens with zero attached hydrogens (tertiary/aromatic N) is 3. The summed E-state index contributed by atoms with van der Waals surface area (Å²) >= 11 is 0. The lowest BCUT2D eigenvalue weighted by molar-refractivity contribution is -0.0501. The highest BCUT2D eigenvalue weighted by atomic mass is 32.2. The van der Waals surface area contributed by atoms with Crippen molar-refractivity contribution < 1.29 is 35.3 Å². The van der Waals surface area contributed by atoms with Crippen molar-refractivity contribution in [2.45, 2.75) is 19.4 Å². The molecule has 0 bridgehead atoms. The second-order valence-electron chi connectivity index (χ2n) is 6.38. The van der Waals surface area contributed by atoms with Crippen LogP contribution < -0.4 is 20.4 Å². The number of fused-ring (bicyclic) bond motifs is 1. The molecule has 0 aliphatic rings. The first-order valence-corrected chi connectivity index (χ1v) is 9.83. The maximum absolute atomic E-state index is 12.6. The number of carbonyl (C=O) groups excluding carboxylic acids is 1. The number of alkyl halides is 3. The molecule has 0 aliphatic carbocycles. The Hall–Kier alpha value is -3.55. The minimum absolute atomic E-state index is 0.0532. The van der Waals surface area contributed by atoms with E-state index in [0.29, 0.717) is 28.8 Å². The van der Waals surface area contributed by atoms with E-state index in [1.54, 1.807) is 26.0 Å². The quantitative estimate of drug-likeness (QED) is 0.434. The van der Waals surface area contributed by atoms with Gasteiger partial charge >= 0.3 is 15.6 Å². The molecule has 3 aromatic rings. The van der Waals surface area contributed by atoms with Crippen molar-refractivity contribution in [1.29, 1.82) is 0 Å². The molecule has 166 valence electrons. The van der Waals surface area contributed by atoms with E-state index >= 15 is 0 Å². The lowest BCUT2D eigenvalue weighted by Gasteiger charge is -2.16. The highest BCUT2D eigenvalue weighted by molar-refractivity contribution is 7.87. The molecule has 0 radical (unpaired) electrons. The van der Waals surface area contributed by atoms with Crippen LogP contribution in [0.15, 0.2) is 18.3 Å². The summed E-state index contributed by atoms with van der Waals surface area (Å²) in [6.07, 6.45) is 0.664. The summed E-state index contributed by atoms with van der Waals surface area (Å²) in [5, 5.41) is 0. The Morgan fingerprint density at radius 2 is 1.87 bits per heavy atom. The lowest BCUT2D eigenvalue weighted by Crippen LogP contribution is -2.28. The molecule has 1 aromatic carbocycles. The molecular weight excluding hydrogens is 443 g/mol. The van der Waals surface area contributed by atoms with E-state index in [2.05, 4.69) is 14.2 Å². The molecule has 0 saturated heterocycles. The number of primary amides is 1. The molecule has 10 nitrogen and oxygen atoms in total. The summed E-state index contributed by atoms with van der Waals surface area (Å²) < 4.78 is 71.0. The van der Waals surface area contributed by atoms with Crippen LogP contribution in [0.3, 0.4) is 0 Å². The van der Waals surface area contributed by atoms with Gasteiger partial charge in [0.2, 0.25) is 0 Å². The van der Waals surface area contributed by atoms with Gasteiger partial charge < -0.3 is 20.4 Å².